The molecule has 0 aliphatic carbocycles. The number of aromatic nitrogens is 3. The lowest BCUT2D eigenvalue weighted by Gasteiger charge is -2.21. The van der Waals surface area contributed by atoms with Crippen LogP contribution in [0.25, 0.3) is 0 Å². The van der Waals surface area contributed by atoms with E-state index in [1.165, 1.54) is 19.5 Å². The Bertz CT molecular complexity index is 327. The minimum atomic E-state index is 0. The molecule has 2 aliphatic heterocycles. The van der Waals surface area contributed by atoms with E-state index in [0.717, 1.165) is 12.5 Å². The van der Waals surface area contributed by atoms with Gasteiger partial charge in [-0.3, -0.25) is 0 Å². The highest BCUT2D eigenvalue weighted by Gasteiger charge is 2.39. The Hall–Kier alpha value is -0.320. The number of nitrogens with zero attached hydrogens (tertiary/aromatic N) is 4. The first-order valence-electron chi connectivity index (χ1n) is 4.62. The monoisotopic (exact) mass is 234 g/mol. The summed E-state index contributed by atoms with van der Waals surface area (Å²) in [5.41, 5.74) is 0. The second-order valence-electron chi connectivity index (χ2n) is 3.87. The van der Waals surface area contributed by atoms with E-state index in [9.17, 15) is 0 Å². The first-order valence-corrected chi connectivity index (χ1v) is 5.00. The Kier molecular flexibility index (Phi) is 2.68. The first kappa shape index (κ1) is 10.2. The van der Waals surface area contributed by atoms with Crippen molar-refractivity contribution in [3.05, 3.63) is 11.6 Å². The molecule has 3 rings (SSSR count). The van der Waals surface area contributed by atoms with E-state index < -0.39 is 0 Å². The Morgan fingerprint density at radius 1 is 1.43 bits per heavy atom. The van der Waals surface area contributed by atoms with Crippen LogP contribution in [0.15, 0.2) is 6.33 Å². The van der Waals surface area contributed by atoms with Gasteiger partial charge in [0.05, 0.1) is 6.04 Å². The third-order valence-corrected chi connectivity index (χ3v) is 3.29. The van der Waals surface area contributed by atoms with Crippen molar-refractivity contribution in [1.82, 2.24) is 19.7 Å². The van der Waals surface area contributed by atoms with Gasteiger partial charge in [-0.2, -0.15) is 0 Å². The van der Waals surface area contributed by atoms with Crippen LogP contribution < -0.4 is 0 Å². The van der Waals surface area contributed by atoms with E-state index in [1.807, 2.05) is 4.68 Å². The smallest absolute Gasteiger partial charge is 0.242 e. The maximum Gasteiger partial charge on any atom is 0.242 e. The summed E-state index contributed by atoms with van der Waals surface area (Å²) in [6.07, 6.45) is 3.04. The average molecular weight is 235 g/mol. The minimum Gasteiger partial charge on any atom is -0.301 e. The molecule has 3 heterocycles. The van der Waals surface area contributed by atoms with Crippen LogP contribution in [0.5, 0.6) is 0 Å². The molecule has 3 atom stereocenters. The average Bonchev–Trinajstić information content (AvgIpc) is 2.77. The summed E-state index contributed by atoms with van der Waals surface area (Å²) in [5.74, 6) is 0.762. The molecule has 0 N–H and O–H groups in total. The molecule has 3 unspecified atom stereocenters. The van der Waals surface area contributed by atoms with E-state index in [4.69, 9.17) is 11.6 Å². The van der Waals surface area contributed by atoms with E-state index >= 15 is 0 Å². The van der Waals surface area contributed by atoms with Gasteiger partial charge in [0.25, 0.3) is 0 Å². The lowest BCUT2D eigenvalue weighted by atomic mass is 10.0. The van der Waals surface area contributed by atoms with Crippen molar-refractivity contribution in [3.8, 4) is 0 Å². The highest BCUT2D eigenvalue weighted by atomic mass is 35.5. The van der Waals surface area contributed by atoms with Crippen molar-refractivity contribution in [2.45, 2.75) is 12.5 Å². The van der Waals surface area contributed by atoms with Gasteiger partial charge in [-0.05, 0) is 30.5 Å². The fourth-order valence-electron chi connectivity index (χ4n) is 2.47. The van der Waals surface area contributed by atoms with Crippen molar-refractivity contribution < 1.29 is 0 Å². The van der Waals surface area contributed by atoms with Crippen LogP contribution >= 0.6 is 24.0 Å². The van der Waals surface area contributed by atoms with Gasteiger partial charge in [-0.1, -0.05) is 0 Å². The van der Waals surface area contributed by atoms with Crippen LogP contribution in [0.1, 0.15) is 12.5 Å². The van der Waals surface area contributed by atoms with E-state index in [0.29, 0.717) is 11.3 Å². The number of piperidine rings is 1. The van der Waals surface area contributed by atoms with Crippen LogP contribution in [0.3, 0.4) is 0 Å². The zero-order valence-corrected chi connectivity index (χ0v) is 9.21. The molecular weight excluding hydrogens is 223 g/mol. The number of halogens is 2. The third-order valence-electron chi connectivity index (χ3n) is 3.12. The van der Waals surface area contributed by atoms with Gasteiger partial charge in [-0.15, -0.1) is 17.5 Å². The van der Waals surface area contributed by atoms with Crippen molar-refractivity contribution in [2.24, 2.45) is 5.92 Å². The minimum absolute atomic E-state index is 0. The topological polar surface area (TPSA) is 34.0 Å². The van der Waals surface area contributed by atoms with Crippen LogP contribution in [0.4, 0.5) is 0 Å². The molecule has 2 saturated heterocycles. The molecule has 0 spiro atoms. The van der Waals surface area contributed by atoms with Gasteiger partial charge in [0.15, 0.2) is 0 Å². The molecule has 14 heavy (non-hydrogen) atoms. The lowest BCUT2D eigenvalue weighted by molar-refractivity contribution is 0.285. The molecule has 0 amide bonds. The Labute approximate surface area is 93.7 Å². The second kappa shape index (κ2) is 3.68. The standard InChI is InChI=1S/C8H11ClN4.ClH/c9-8-10-5-13(11-8)7-4-12-2-1-6(7)3-12;/h5-7H,1-4H2;1H. The maximum absolute atomic E-state index is 5.68. The van der Waals surface area contributed by atoms with Crippen LogP contribution in [0, 0.1) is 5.92 Å². The Morgan fingerprint density at radius 2 is 2.29 bits per heavy atom. The van der Waals surface area contributed by atoms with Gasteiger partial charge in [0.2, 0.25) is 5.28 Å². The normalized spacial score (nSPS) is 34.5. The third kappa shape index (κ3) is 1.51. The molecule has 0 saturated carbocycles. The SMILES string of the molecule is Cl.Clc1ncn(C2CN3CCC2C3)n1. The second-order valence-corrected chi connectivity index (χ2v) is 4.21. The number of rotatable bonds is 1. The summed E-state index contributed by atoms with van der Waals surface area (Å²) in [6, 6.07) is 0.508. The van der Waals surface area contributed by atoms with Crippen molar-refractivity contribution >= 4 is 24.0 Å². The molecular formula is C8H12Cl2N4. The summed E-state index contributed by atoms with van der Waals surface area (Å²) in [7, 11) is 0. The Balaban J connectivity index is 0.000000750. The zero-order chi connectivity index (χ0) is 8.84. The Morgan fingerprint density at radius 3 is 2.79 bits per heavy atom. The van der Waals surface area contributed by atoms with E-state index in [-0.39, 0.29) is 12.4 Å². The van der Waals surface area contributed by atoms with E-state index in [2.05, 4.69) is 15.0 Å². The molecule has 1 aromatic heterocycles. The number of fused-ring (bicyclic) bond motifs is 2. The summed E-state index contributed by atoms with van der Waals surface area (Å²) in [4.78, 5) is 6.42. The predicted molar refractivity (Wildman–Crippen MR) is 55.9 cm³/mol. The maximum atomic E-state index is 5.68. The molecule has 0 aromatic carbocycles. The fourth-order valence-corrected chi connectivity index (χ4v) is 2.60. The van der Waals surface area contributed by atoms with Crippen molar-refractivity contribution in [1.29, 1.82) is 0 Å². The number of hydrogen-bond acceptors (Lipinski definition) is 3. The summed E-state index contributed by atoms with van der Waals surface area (Å²) < 4.78 is 1.92. The van der Waals surface area contributed by atoms with Crippen LogP contribution in [-0.2, 0) is 0 Å². The highest BCUT2D eigenvalue weighted by molar-refractivity contribution is 6.28. The molecule has 6 heteroatoms. The van der Waals surface area contributed by atoms with Gasteiger partial charge < -0.3 is 4.90 Å². The predicted octanol–water partition coefficient (Wildman–Crippen LogP) is 1.23. The molecule has 0 radical (unpaired) electrons. The first-order chi connectivity index (χ1) is 6.33. The fraction of sp³-hybridized carbons (Fsp3) is 0.750. The molecule has 1 aromatic rings. The molecule has 78 valence electrons. The van der Waals surface area contributed by atoms with Crippen LogP contribution in [0.2, 0.25) is 5.28 Å². The quantitative estimate of drug-likeness (QED) is 0.734. The summed E-state index contributed by atoms with van der Waals surface area (Å²) in [5, 5.41) is 4.51. The molecule has 2 bridgehead atoms. The largest absolute Gasteiger partial charge is 0.301 e. The van der Waals surface area contributed by atoms with Gasteiger partial charge >= 0.3 is 0 Å². The van der Waals surface area contributed by atoms with Crippen molar-refractivity contribution in [3.63, 3.8) is 0 Å². The zero-order valence-electron chi connectivity index (χ0n) is 7.64. The van der Waals surface area contributed by atoms with Gasteiger partial charge in [0, 0.05) is 13.1 Å². The number of hydrogen-bond donors (Lipinski definition) is 0. The molecule has 2 aliphatic rings. The molecule has 2 fully saturated rings. The summed E-state index contributed by atoms with van der Waals surface area (Å²) >= 11 is 5.68. The van der Waals surface area contributed by atoms with Crippen molar-refractivity contribution in [2.75, 3.05) is 19.6 Å². The van der Waals surface area contributed by atoms with Gasteiger partial charge in [0.1, 0.15) is 6.33 Å². The van der Waals surface area contributed by atoms with Crippen LogP contribution in [-0.4, -0.2) is 39.3 Å². The highest BCUT2D eigenvalue weighted by Crippen LogP contribution is 2.35. The van der Waals surface area contributed by atoms with E-state index in [1.54, 1.807) is 6.33 Å². The molecule has 4 nitrogen and oxygen atoms in total. The summed E-state index contributed by atoms with van der Waals surface area (Å²) in [6.45, 7) is 3.59. The lowest BCUT2D eigenvalue weighted by Crippen LogP contribution is -2.26. The van der Waals surface area contributed by atoms with Gasteiger partial charge in [-0.25, -0.2) is 9.67 Å².